The van der Waals surface area contributed by atoms with Crippen LogP contribution in [0.2, 0.25) is 0 Å². The fourth-order valence-corrected chi connectivity index (χ4v) is 1.57. The summed E-state index contributed by atoms with van der Waals surface area (Å²) in [6.45, 7) is 0. The molecule has 0 aliphatic carbocycles. The van der Waals surface area contributed by atoms with Crippen molar-refractivity contribution in [3.05, 3.63) is 48.9 Å². The van der Waals surface area contributed by atoms with Crippen molar-refractivity contribution >= 4 is 5.52 Å². The molecule has 17 heavy (non-hydrogen) atoms. The molecule has 5 heteroatoms. The first-order valence-corrected chi connectivity index (χ1v) is 5.08. The zero-order valence-electron chi connectivity index (χ0n) is 8.82. The molecule has 0 atom stereocenters. The van der Waals surface area contributed by atoms with Crippen LogP contribution in [0.15, 0.2) is 48.9 Å². The minimum Gasteiger partial charge on any atom is -0.508 e. The quantitative estimate of drug-likeness (QED) is 0.729. The highest BCUT2D eigenvalue weighted by Gasteiger charge is 2.05. The molecule has 0 radical (unpaired) electrons. The lowest BCUT2D eigenvalue weighted by Gasteiger charge is -2.05. The predicted octanol–water partition coefficient (Wildman–Crippen LogP) is 2.23. The summed E-state index contributed by atoms with van der Waals surface area (Å²) in [5.74, 6) is 1.14. The lowest BCUT2D eigenvalue weighted by Crippen LogP contribution is -1.93. The summed E-state index contributed by atoms with van der Waals surface area (Å²) < 4.78 is 7.27. The van der Waals surface area contributed by atoms with Crippen molar-refractivity contribution in [1.29, 1.82) is 0 Å². The number of ether oxygens (including phenoxy) is 1. The van der Waals surface area contributed by atoms with Gasteiger partial charge in [-0.05, 0) is 18.2 Å². The minimum absolute atomic E-state index is 0.156. The lowest BCUT2D eigenvalue weighted by atomic mass is 10.3. The second kappa shape index (κ2) is 3.79. The summed E-state index contributed by atoms with van der Waals surface area (Å²) in [6, 6.07) is 8.38. The van der Waals surface area contributed by atoms with Crippen LogP contribution < -0.4 is 4.74 Å². The zero-order chi connectivity index (χ0) is 11.7. The molecule has 0 saturated heterocycles. The smallest absolute Gasteiger partial charge is 0.245 e. The van der Waals surface area contributed by atoms with Crippen LogP contribution >= 0.6 is 0 Å². The van der Waals surface area contributed by atoms with E-state index < -0.39 is 0 Å². The predicted molar refractivity (Wildman–Crippen MR) is 61.2 cm³/mol. The van der Waals surface area contributed by atoms with Gasteiger partial charge in [-0.3, -0.25) is 0 Å². The first kappa shape index (κ1) is 9.65. The first-order valence-electron chi connectivity index (χ1n) is 5.08. The van der Waals surface area contributed by atoms with Crippen LogP contribution in [0.1, 0.15) is 0 Å². The van der Waals surface area contributed by atoms with Crippen molar-refractivity contribution < 1.29 is 9.84 Å². The molecule has 5 nitrogen and oxygen atoms in total. The number of hydrogen-bond donors (Lipinski definition) is 1. The third-order valence-electron chi connectivity index (χ3n) is 2.32. The molecule has 0 amide bonds. The Morgan fingerprint density at radius 2 is 2.12 bits per heavy atom. The van der Waals surface area contributed by atoms with E-state index in [1.165, 1.54) is 6.07 Å². The van der Waals surface area contributed by atoms with Crippen molar-refractivity contribution in [3.8, 4) is 17.4 Å². The molecule has 0 spiro atoms. The average molecular weight is 227 g/mol. The Balaban J connectivity index is 2.02. The van der Waals surface area contributed by atoms with E-state index in [-0.39, 0.29) is 5.75 Å². The number of aromatic nitrogens is 3. The lowest BCUT2D eigenvalue weighted by molar-refractivity contribution is 0.447. The van der Waals surface area contributed by atoms with Gasteiger partial charge in [-0.1, -0.05) is 6.07 Å². The second-order valence-electron chi connectivity index (χ2n) is 3.49. The maximum atomic E-state index is 9.35. The molecular formula is C12H9N3O2. The van der Waals surface area contributed by atoms with E-state index in [2.05, 4.69) is 10.1 Å². The highest BCUT2D eigenvalue weighted by molar-refractivity contribution is 5.56. The SMILES string of the molecule is Oc1cccc(Oc2nccn3nccc23)c1. The number of phenols is 1. The summed E-state index contributed by atoms with van der Waals surface area (Å²) in [4.78, 5) is 4.14. The van der Waals surface area contributed by atoms with Gasteiger partial charge in [-0.2, -0.15) is 5.10 Å². The molecular weight excluding hydrogens is 218 g/mol. The van der Waals surface area contributed by atoms with Gasteiger partial charge < -0.3 is 9.84 Å². The van der Waals surface area contributed by atoms with E-state index in [9.17, 15) is 5.11 Å². The summed E-state index contributed by atoms with van der Waals surface area (Å²) >= 11 is 0. The Kier molecular flexibility index (Phi) is 2.15. The minimum atomic E-state index is 0.156. The van der Waals surface area contributed by atoms with Gasteiger partial charge >= 0.3 is 0 Å². The summed E-state index contributed by atoms with van der Waals surface area (Å²) in [6.07, 6.45) is 5.02. The molecule has 0 unspecified atom stereocenters. The molecule has 84 valence electrons. The maximum Gasteiger partial charge on any atom is 0.245 e. The van der Waals surface area contributed by atoms with Gasteiger partial charge in [-0.25, -0.2) is 9.50 Å². The standard InChI is InChI=1S/C12H9N3O2/c16-9-2-1-3-10(8-9)17-12-11-4-5-14-15(11)7-6-13-12/h1-8,16H. The highest BCUT2D eigenvalue weighted by atomic mass is 16.5. The monoisotopic (exact) mass is 227 g/mol. The molecule has 3 aromatic rings. The molecule has 0 aliphatic heterocycles. The number of rotatable bonds is 2. The summed E-state index contributed by atoms with van der Waals surface area (Å²) in [5.41, 5.74) is 0.774. The van der Waals surface area contributed by atoms with Crippen LogP contribution in [0.4, 0.5) is 0 Å². The number of hydrogen-bond acceptors (Lipinski definition) is 4. The van der Waals surface area contributed by atoms with Crippen molar-refractivity contribution in [3.63, 3.8) is 0 Å². The molecule has 0 aliphatic rings. The second-order valence-corrected chi connectivity index (χ2v) is 3.49. The van der Waals surface area contributed by atoms with Gasteiger partial charge in [0, 0.05) is 18.5 Å². The molecule has 2 aromatic heterocycles. The average Bonchev–Trinajstić information content (AvgIpc) is 2.78. The fourth-order valence-electron chi connectivity index (χ4n) is 1.57. The Labute approximate surface area is 96.9 Å². The van der Waals surface area contributed by atoms with E-state index in [4.69, 9.17) is 4.74 Å². The van der Waals surface area contributed by atoms with E-state index in [1.54, 1.807) is 41.3 Å². The van der Waals surface area contributed by atoms with E-state index >= 15 is 0 Å². The van der Waals surface area contributed by atoms with Crippen LogP contribution in [0, 0.1) is 0 Å². The largest absolute Gasteiger partial charge is 0.508 e. The number of benzene rings is 1. The van der Waals surface area contributed by atoms with Crippen molar-refractivity contribution in [2.45, 2.75) is 0 Å². The Bertz CT molecular complexity index is 663. The Morgan fingerprint density at radius 3 is 3.00 bits per heavy atom. The summed E-state index contributed by atoms with van der Waals surface area (Å²) in [7, 11) is 0. The number of phenolic OH excluding ortho intramolecular Hbond substituents is 1. The van der Waals surface area contributed by atoms with Gasteiger partial charge in [0.05, 0.1) is 6.20 Å². The van der Waals surface area contributed by atoms with Gasteiger partial charge in [0.1, 0.15) is 17.0 Å². The van der Waals surface area contributed by atoms with Crippen LogP contribution in [0.25, 0.3) is 5.52 Å². The molecule has 0 saturated carbocycles. The van der Waals surface area contributed by atoms with Gasteiger partial charge in [0.25, 0.3) is 0 Å². The zero-order valence-corrected chi connectivity index (χ0v) is 8.82. The fraction of sp³-hybridized carbons (Fsp3) is 0. The molecule has 0 bridgehead atoms. The van der Waals surface area contributed by atoms with Gasteiger partial charge in [0.2, 0.25) is 5.88 Å². The van der Waals surface area contributed by atoms with Crippen molar-refractivity contribution in [2.24, 2.45) is 0 Å². The third-order valence-corrected chi connectivity index (χ3v) is 2.32. The maximum absolute atomic E-state index is 9.35. The Hall–Kier alpha value is -2.56. The normalized spacial score (nSPS) is 10.6. The van der Waals surface area contributed by atoms with Crippen LogP contribution in [0.5, 0.6) is 17.4 Å². The van der Waals surface area contributed by atoms with Crippen molar-refractivity contribution in [2.75, 3.05) is 0 Å². The topological polar surface area (TPSA) is 59.7 Å². The number of fused-ring (bicyclic) bond motifs is 1. The third kappa shape index (κ3) is 1.78. The summed E-state index contributed by atoms with van der Waals surface area (Å²) in [5, 5.41) is 13.4. The number of nitrogens with zero attached hydrogens (tertiary/aromatic N) is 3. The highest BCUT2D eigenvalue weighted by Crippen LogP contribution is 2.25. The van der Waals surface area contributed by atoms with Crippen LogP contribution in [-0.4, -0.2) is 19.7 Å². The van der Waals surface area contributed by atoms with Crippen LogP contribution in [0.3, 0.4) is 0 Å². The van der Waals surface area contributed by atoms with E-state index in [1.807, 2.05) is 6.07 Å². The van der Waals surface area contributed by atoms with Crippen molar-refractivity contribution in [1.82, 2.24) is 14.6 Å². The Morgan fingerprint density at radius 1 is 1.18 bits per heavy atom. The van der Waals surface area contributed by atoms with E-state index in [0.717, 1.165) is 5.52 Å². The van der Waals surface area contributed by atoms with Crippen LogP contribution in [-0.2, 0) is 0 Å². The molecule has 0 fully saturated rings. The molecule has 3 rings (SSSR count). The van der Waals surface area contributed by atoms with Gasteiger partial charge in [0.15, 0.2) is 0 Å². The van der Waals surface area contributed by atoms with E-state index in [0.29, 0.717) is 11.6 Å². The molecule has 1 aromatic carbocycles. The van der Waals surface area contributed by atoms with Gasteiger partial charge in [-0.15, -0.1) is 0 Å². The molecule has 2 heterocycles. The first-order chi connectivity index (χ1) is 8.33. The number of aromatic hydroxyl groups is 1. The molecule has 1 N–H and O–H groups in total.